The first-order chi connectivity index (χ1) is 8.58. The van der Waals surface area contributed by atoms with E-state index in [0.29, 0.717) is 17.1 Å². The van der Waals surface area contributed by atoms with E-state index in [1.54, 1.807) is 6.92 Å². The van der Waals surface area contributed by atoms with Crippen LogP contribution in [0.3, 0.4) is 0 Å². The van der Waals surface area contributed by atoms with Crippen LogP contribution in [0.15, 0.2) is 12.1 Å². The number of benzene rings is 1. The number of aryl methyl sites for hydroxylation is 2. The second-order valence-corrected chi connectivity index (χ2v) is 4.48. The third-order valence-corrected chi connectivity index (χ3v) is 3.27. The van der Waals surface area contributed by atoms with E-state index in [2.05, 4.69) is 4.98 Å². The van der Waals surface area contributed by atoms with Crippen LogP contribution in [0.25, 0.3) is 10.9 Å². The number of hydrogen-bond acceptors (Lipinski definition) is 4. The first-order valence-corrected chi connectivity index (χ1v) is 5.79. The Bertz CT molecular complexity index is 682. The fourth-order valence-electron chi connectivity index (χ4n) is 2.49. The summed E-state index contributed by atoms with van der Waals surface area (Å²) in [6.07, 6.45) is 0. The SMILES string of the molecule is CC(=O)c1c(C)nc2cc3c(cc2c1C)OCO3.Cl. The van der Waals surface area contributed by atoms with Crippen LogP contribution in [-0.4, -0.2) is 17.6 Å². The Morgan fingerprint density at radius 1 is 1.21 bits per heavy atom. The molecular formula is C14H14ClNO3. The van der Waals surface area contributed by atoms with Crippen molar-refractivity contribution in [3.05, 3.63) is 29.0 Å². The number of Topliss-reactive ketones (excluding diaryl/α,β-unsaturated/α-hetero) is 1. The van der Waals surface area contributed by atoms with Gasteiger partial charge in [-0.2, -0.15) is 0 Å². The van der Waals surface area contributed by atoms with Gasteiger partial charge in [-0.3, -0.25) is 9.78 Å². The lowest BCUT2D eigenvalue weighted by Gasteiger charge is -2.10. The standard InChI is InChI=1S/C14H13NO3.ClH/c1-7-10-4-12-13(18-6-17-12)5-11(10)15-8(2)14(7)9(3)16;/h4-5H,6H2,1-3H3;1H. The summed E-state index contributed by atoms with van der Waals surface area (Å²) in [6, 6.07) is 3.76. The maximum absolute atomic E-state index is 11.7. The van der Waals surface area contributed by atoms with Crippen molar-refractivity contribution in [1.82, 2.24) is 4.98 Å². The van der Waals surface area contributed by atoms with Gasteiger partial charge in [0.2, 0.25) is 6.79 Å². The predicted molar refractivity (Wildman–Crippen MR) is 74.6 cm³/mol. The Morgan fingerprint density at radius 3 is 2.47 bits per heavy atom. The van der Waals surface area contributed by atoms with Gasteiger partial charge in [0.05, 0.1) is 5.52 Å². The van der Waals surface area contributed by atoms with Gasteiger partial charge >= 0.3 is 0 Å². The van der Waals surface area contributed by atoms with Crippen molar-refractivity contribution < 1.29 is 14.3 Å². The lowest BCUT2D eigenvalue weighted by atomic mass is 9.99. The Balaban J connectivity index is 0.00000133. The van der Waals surface area contributed by atoms with E-state index in [9.17, 15) is 4.79 Å². The lowest BCUT2D eigenvalue weighted by Crippen LogP contribution is -2.03. The van der Waals surface area contributed by atoms with Crippen LogP contribution in [0.5, 0.6) is 11.5 Å². The highest BCUT2D eigenvalue weighted by molar-refractivity contribution is 6.01. The van der Waals surface area contributed by atoms with Crippen molar-refractivity contribution in [1.29, 1.82) is 0 Å². The highest BCUT2D eigenvalue weighted by Crippen LogP contribution is 2.37. The van der Waals surface area contributed by atoms with E-state index >= 15 is 0 Å². The average molecular weight is 280 g/mol. The van der Waals surface area contributed by atoms with E-state index in [-0.39, 0.29) is 25.0 Å². The zero-order valence-electron chi connectivity index (χ0n) is 10.9. The molecular weight excluding hydrogens is 266 g/mol. The third kappa shape index (κ3) is 2.02. The summed E-state index contributed by atoms with van der Waals surface area (Å²) in [6.45, 7) is 5.60. The molecule has 1 aliphatic rings. The lowest BCUT2D eigenvalue weighted by molar-refractivity contribution is 0.101. The van der Waals surface area contributed by atoms with Crippen LogP contribution in [0.2, 0.25) is 0 Å². The van der Waals surface area contributed by atoms with Gasteiger partial charge in [0.15, 0.2) is 17.3 Å². The van der Waals surface area contributed by atoms with Crippen molar-refractivity contribution in [2.24, 2.45) is 0 Å². The van der Waals surface area contributed by atoms with Gasteiger partial charge in [-0.15, -0.1) is 12.4 Å². The molecule has 19 heavy (non-hydrogen) atoms. The molecule has 0 saturated heterocycles. The van der Waals surface area contributed by atoms with E-state index in [4.69, 9.17) is 9.47 Å². The number of carbonyl (C=O) groups excluding carboxylic acids is 1. The molecule has 100 valence electrons. The van der Waals surface area contributed by atoms with E-state index < -0.39 is 0 Å². The molecule has 0 unspecified atom stereocenters. The zero-order valence-corrected chi connectivity index (χ0v) is 11.8. The summed E-state index contributed by atoms with van der Waals surface area (Å²) in [5, 5.41) is 0.940. The monoisotopic (exact) mass is 279 g/mol. The number of carbonyl (C=O) groups is 1. The first kappa shape index (κ1) is 13.6. The summed E-state index contributed by atoms with van der Waals surface area (Å²) in [5.41, 5.74) is 3.23. The zero-order chi connectivity index (χ0) is 12.9. The van der Waals surface area contributed by atoms with Gasteiger partial charge in [-0.1, -0.05) is 0 Å². The molecule has 2 aromatic rings. The second kappa shape index (κ2) is 4.70. The van der Waals surface area contributed by atoms with Crippen LogP contribution in [0.4, 0.5) is 0 Å². The Morgan fingerprint density at radius 2 is 1.84 bits per heavy atom. The Labute approximate surface area is 117 Å². The summed E-state index contributed by atoms with van der Waals surface area (Å²) in [5.74, 6) is 1.46. The van der Waals surface area contributed by atoms with Crippen molar-refractivity contribution in [2.45, 2.75) is 20.8 Å². The van der Waals surface area contributed by atoms with Crippen molar-refractivity contribution >= 4 is 29.1 Å². The smallest absolute Gasteiger partial charge is 0.231 e. The van der Waals surface area contributed by atoms with Crippen LogP contribution in [0.1, 0.15) is 28.5 Å². The minimum absolute atomic E-state index is 0. The molecule has 0 saturated carbocycles. The number of nitrogens with zero attached hydrogens (tertiary/aromatic N) is 1. The molecule has 0 radical (unpaired) electrons. The molecule has 0 amide bonds. The number of fused-ring (bicyclic) bond motifs is 2. The largest absolute Gasteiger partial charge is 0.454 e. The molecule has 5 heteroatoms. The van der Waals surface area contributed by atoms with E-state index in [0.717, 1.165) is 22.2 Å². The molecule has 1 aromatic carbocycles. The average Bonchev–Trinajstić information content (AvgIpc) is 2.73. The third-order valence-electron chi connectivity index (χ3n) is 3.27. The molecule has 0 atom stereocenters. The number of rotatable bonds is 1. The van der Waals surface area contributed by atoms with Crippen molar-refractivity contribution in [3.8, 4) is 11.5 Å². The molecule has 1 aliphatic heterocycles. The topological polar surface area (TPSA) is 48.4 Å². The normalized spacial score (nSPS) is 12.4. The highest BCUT2D eigenvalue weighted by Gasteiger charge is 2.18. The fourth-order valence-corrected chi connectivity index (χ4v) is 2.49. The van der Waals surface area contributed by atoms with Gasteiger partial charge in [0, 0.05) is 22.7 Å². The summed E-state index contributed by atoms with van der Waals surface area (Å²) in [7, 11) is 0. The molecule has 3 rings (SSSR count). The fraction of sp³-hybridized carbons (Fsp3) is 0.286. The molecule has 2 heterocycles. The number of halogens is 1. The van der Waals surface area contributed by atoms with Crippen molar-refractivity contribution in [2.75, 3.05) is 6.79 Å². The molecule has 0 bridgehead atoms. The summed E-state index contributed by atoms with van der Waals surface area (Å²) >= 11 is 0. The Kier molecular flexibility index (Phi) is 3.37. The molecule has 0 fully saturated rings. The number of ether oxygens (including phenoxy) is 2. The second-order valence-electron chi connectivity index (χ2n) is 4.48. The summed E-state index contributed by atoms with van der Waals surface area (Å²) in [4.78, 5) is 16.1. The minimum atomic E-state index is 0. The van der Waals surface area contributed by atoms with Gasteiger partial charge in [-0.05, 0) is 32.4 Å². The van der Waals surface area contributed by atoms with Gasteiger partial charge in [-0.25, -0.2) is 0 Å². The predicted octanol–water partition coefficient (Wildman–Crippen LogP) is 3.20. The van der Waals surface area contributed by atoms with Crippen LogP contribution in [0, 0.1) is 13.8 Å². The Hall–Kier alpha value is -1.81. The molecule has 4 nitrogen and oxygen atoms in total. The highest BCUT2D eigenvalue weighted by atomic mass is 35.5. The molecule has 1 aromatic heterocycles. The molecule has 0 spiro atoms. The van der Waals surface area contributed by atoms with Crippen LogP contribution in [-0.2, 0) is 0 Å². The van der Waals surface area contributed by atoms with Crippen LogP contribution >= 0.6 is 12.4 Å². The number of pyridine rings is 1. The maximum atomic E-state index is 11.7. The number of ketones is 1. The molecule has 0 N–H and O–H groups in total. The van der Waals surface area contributed by atoms with E-state index in [1.165, 1.54) is 0 Å². The van der Waals surface area contributed by atoms with Crippen molar-refractivity contribution in [3.63, 3.8) is 0 Å². The minimum Gasteiger partial charge on any atom is -0.454 e. The van der Waals surface area contributed by atoms with Gasteiger partial charge in [0.1, 0.15) is 0 Å². The van der Waals surface area contributed by atoms with Gasteiger partial charge in [0.25, 0.3) is 0 Å². The maximum Gasteiger partial charge on any atom is 0.231 e. The number of hydrogen-bond donors (Lipinski definition) is 0. The van der Waals surface area contributed by atoms with Gasteiger partial charge < -0.3 is 9.47 Å². The van der Waals surface area contributed by atoms with Crippen LogP contribution < -0.4 is 9.47 Å². The van der Waals surface area contributed by atoms with E-state index in [1.807, 2.05) is 26.0 Å². The first-order valence-electron chi connectivity index (χ1n) is 5.79. The summed E-state index contributed by atoms with van der Waals surface area (Å²) < 4.78 is 10.7. The number of aromatic nitrogens is 1. The quantitative estimate of drug-likeness (QED) is 0.752. The molecule has 0 aliphatic carbocycles.